The summed E-state index contributed by atoms with van der Waals surface area (Å²) in [5, 5.41) is 0. The molecule has 0 unspecified atom stereocenters. The van der Waals surface area contributed by atoms with Crippen molar-refractivity contribution in [1.29, 1.82) is 0 Å². The van der Waals surface area contributed by atoms with Gasteiger partial charge in [0.25, 0.3) is 0 Å². The first-order valence-corrected chi connectivity index (χ1v) is 5.95. The maximum atomic E-state index is 12.3. The standard InChI is InChI=1S/C13H20O3/c1-12(2)9-5-6-13(12,3)11(15)8(9)7-10(14)16-4/h8-9H,5-7H2,1-4H3/t8-,9-,13+/m1/s1. The fourth-order valence-electron chi connectivity index (χ4n) is 3.77. The van der Waals surface area contributed by atoms with Crippen LogP contribution in [0, 0.1) is 22.7 Å². The Morgan fingerprint density at radius 2 is 2.06 bits per heavy atom. The largest absolute Gasteiger partial charge is 0.469 e. The number of hydrogen-bond donors (Lipinski definition) is 0. The van der Waals surface area contributed by atoms with E-state index in [1.807, 2.05) is 0 Å². The van der Waals surface area contributed by atoms with E-state index in [0.29, 0.717) is 5.92 Å². The molecule has 0 heterocycles. The quantitative estimate of drug-likeness (QED) is 0.675. The molecule has 2 saturated carbocycles. The molecule has 3 heteroatoms. The maximum Gasteiger partial charge on any atom is 0.306 e. The van der Waals surface area contributed by atoms with E-state index in [9.17, 15) is 9.59 Å². The third kappa shape index (κ3) is 1.20. The first kappa shape index (κ1) is 11.6. The number of hydrogen-bond acceptors (Lipinski definition) is 3. The van der Waals surface area contributed by atoms with E-state index < -0.39 is 0 Å². The molecular weight excluding hydrogens is 204 g/mol. The van der Waals surface area contributed by atoms with E-state index in [4.69, 9.17) is 0 Å². The fraction of sp³-hybridized carbons (Fsp3) is 0.846. The van der Waals surface area contributed by atoms with Crippen molar-refractivity contribution < 1.29 is 14.3 Å². The molecule has 16 heavy (non-hydrogen) atoms. The summed E-state index contributed by atoms with van der Waals surface area (Å²) in [6, 6.07) is 0. The van der Waals surface area contributed by atoms with E-state index in [2.05, 4.69) is 25.5 Å². The van der Waals surface area contributed by atoms with Gasteiger partial charge in [-0.2, -0.15) is 0 Å². The van der Waals surface area contributed by atoms with Gasteiger partial charge >= 0.3 is 5.97 Å². The number of esters is 1. The molecule has 2 fully saturated rings. The van der Waals surface area contributed by atoms with Crippen molar-refractivity contribution in [3.05, 3.63) is 0 Å². The summed E-state index contributed by atoms with van der Waals surface area (Å²) >= 11 is 0. The highest BCUT2D eigenvalue weighted by Gasteiger charge is 2.66. The van der Waals surface area contributed by atoms with Gasteiger partial charge in [0.15, 0.2) is 0 Å². The van der Waals surface area contributed by atoms with Crippen molar-refractivity contribution in [2.45, 2.75) is 40.0 Å². The molecule has 0 N–H and O–H groups in total. The molecule has 3 nitrogen and oxygen atoms in total. The Morgan fingerprint density at radius 1 is 1.44 bits per heavy atom. The Kier molecular flexibility index (Phi) is 2.41. The SMILES string of the molecule is COC(=O)C[C@H]1C(=O)[C@]2(C)CC[C@H]1C2(C)C. The minimum Gasteiger partial charge on any atom is -0.469 e. The van der Waals surface area contributed by atoms with E-state index in [-0.39, 0.29) is 34.9 Å². The number of ketones is 1. The number of rotatable bonds is 2. The highest BCUT2D eigenvalue weighted by molar-refractivity contribution is 5.94. The third-order valence-electron chi connectivity index (χ3n) is 5.28. The summed E-state index contributed by atoms with van der Waals surface area (Å²) in [5.74, 6) is 0.259. The zero-order valence-corrected chi connectivity index (χ0v) is 10.5. The summed E-state index contributed by atoms with van der Waals surface area (Å²) in [7, 11) is 1.38. The molecule has 0 aromatic carbocycles. The molecule has 0 aromatic heterocycles. The van der Waals surface area contributed by atoms with Crippen LogP contribution in [0.3, 0.4) is 0 Å². The lowest BCUT2D eigenvalue weighted by atomic mass is 9.70. The smallest absolute Gasteiger partial charge is 0.306 e. The number of fused-ring (bicyclic) bond motifs is 2. The van der Waals surface area contributed by atoms with Gasteiger partial charge < -0.3 is 4.74 Å². The lowest BCUT2D eigenvalue weighted by Crippen LogP contribution is -2.33. The van der Waals surface area contributed by atoms with Gasteiger partial charge in [0.2, 0.25) is 0 Å². The molecule has 2 aliphatic rings. The molecule has 0 aromatic rings. The van der Waals surface area contributed by atoms with Gasteiger partial charge in [-0.25, -0.2) is 0 Å². The predicted molar refractivity (Wildman–Crippen MR) is 59.7 cm³/mol. The second kappa shape index (κ2) is 3.31. The number of ether oxygens (including phenoxy) is 1. The average Bonchev–Trinajstić information content (AvgIpc) is 2.53. The number of carbonyl (C=O) groups excluding carboxylic acids is 2. The minimum absolute atomic E-state index is 0.0305. The Balaban J connectivity index is 2.26. The summed E-state index contributed by atoms with van der Waals surface area (Å²) < 4.78 is 4.68. The maximum absolute atomic E-state index is 12.3. The summed E-state index contributed by atoms with van der Waals surface area (Å²) in [6.07, 6.45) is 2.30. The van der Waals surface area contributed by atoms with E-state index in [1.165, 1.54) is 7.11 Å². The van der Waals surface area contributed by atoms with Gasteiger partial charge in [-0.1, -0.05) is 20.8 Å². The first-order valence-electron chi connectivity index (χ1n) is 5.95. The molecule has 0 spiro atoms. The van der Waals surface area contributed by atoms with Gasteiger partial charge in [0.1, 0.15) is 5.78 Å². The van der Waals surface area contributed by atoms with Crippen LogP contribution in [0.15, 0.2) is 0 Å². The average molecular weight is 224 g/mol. The molecular formula is C13H20O3. The summed E-state index contributed by atoms with van der Waals surface area (Å²) in [6.45, 7) is 6.40. The minimum atomic E-state index is -0.259. The van der Waals surface area contributed by atoms with Crippen molar-refractivity contribution in [2.24, 2.45) is 22.7 Å². The van der Waals surface area contributed by atoms with Crippen molar-refractivity contribution >= 4 is 11.8 Å². The molecule has 0 radical (unpaired) electrons. The van der Waals surface area contributed by atoms with Crippen LogP contribution in [0.25, 0.3) is 0 Å². The van der Waals surface area contributed by atoms with Gasteiger partial charge in [0.05, 0.1) is 13.5 Å². The van der Waals surface area contributed by atoms with E-state index in [1.54, 1.807) is 0 Å². The molecule has 2 aliphatic carbocycles. The molecule has 0 saturated heterocycles. The fourth-order valence-corrected chi connectivity index (χ4v) is 3.77. The predicted octanol–water partition coefficient (Wildman–Crippen LogP) is 2.19. The summed E-state index contributed by atoms with van der Waals surface area (Å²) in [5.41, 5.74) is -0.195. The Hall–Kier alpha value is -0.860. The number of Topliss-reactive ketones (excluding diaryl/α,β-unsaturated/α-hetero) is 1. The molecule has 0 amide bonds. The van der Waals surface area contributed by atoms with Gasteiger partial charge in [-0.3, -0.25) is 9.59 Å². The third-order valence-corrected chi connectivity index (χ3v) is 5.28. The van der Waals surface area contributed by atoms with Crippen LogP contribution in [-0.4, -0.2) is 18.9 Å². The second-order valence-electron chi connectivity index (χ2n) is 5.95. The first-order chi connectivity index (χ1) is 7.34. The van der Waals surface area contributed by atoms with Crippen molar-refractivity contribution in [3.63, 3.8) is 0 Å². The Labute approximate surface area is 96.5 Å². The van der Waals surface area contributed by atoms with Crippen molar-refractivity contribution in [1.82, 2.24) is 0 Å². The lowest BCUT2D eigenvalue weighted by Gasteiger charge is -2.32. The zero-order valence-electron chi connectivity index (χ0n) is 10.5. The van der Waals surface area contributed by atoms with Crippen LogP contribution in [0.5, 0.6) is 0 Å². The van der Waals surface area contributed by atoms with Gasteiger partial charge in [0, 0.05) is 11.3 Å². The molecule has 2 bridgehead atoms. The molecule has 2 rings (SSSR count). The van der Waals surface area contributed by atoms with Crippen LogP contribution in [0.4, 0.5) is 0 Å². The number of methoxy groups -OCH3 is 1. The molecule has 3 atom stereocenters. The second-order valence-corrected chi connectivity index (χ2v) is 5.95. The highest BCUT2D eigenvalue weighted by Crippen LogP contribution is 2.66. The van der Waals surface area contributed by atoms with E-state index >= 15 is 0 Å². The van der Waals surface area contributed by atoms with Gasteiger partial charge in [-0.15, -0.1) is 0 Å². The normalized spacial score (nSPS) is 40.1. The Morgan fingerprint density at radius 3 is 2.50 bits per heavy atom. The monoisotopic (exact) mass is 224 g/mol. The topological polar surface area (TPSA) is 43.4 Å². The molecule has 0 aliphatic heterocycles. The van der Waals surface area contributed by atoms with Crippen LogP contribution in [-0.2, 0) is 14.3 Å². The lowest BCUT2D eigenvalue weighted by molar-refractivity contribution is -0.145. The van der Waals surface area contributed by atoms with Crippen molar-refractivity contribution in [3.8, 4) is 0 Å². The van der Waals surface area contributed by atoms with Gasteiger partial charge in [-0.05, 0) is 24.2 Å². The Bertz CT molecular complexity index is 345. The van der Waals surface area contributed by atoms with Crippen LogP contribution in [0.1, 0.15) is 40.0 Å². The highest BCUT2D eigenvalue weighted by atomic mass is 16.5. The molecule has 90 valence electrons. The summed E-state index contributed by atoms with van der Waals surface area (Å²) in [4.78, 5) is 23.7. The van der Waals surface area contributed by atoms with Crippen LogP contribution in [0.2, 0.25) is 0 Å². The van der Waals surface area contributed by atoms with E-state index in [0.717, 1.165) is 12.8 Å². The van der Waals surface area contributed by atoms with Crippen molar-refractivity contribution in [2.75, 3.05) is 7.11 Å². The van der Waals surface area contributed by atoms with Crippen LogP contribution < -0.4 is 0 Å². The van der Waals surface area contributed by atoms with Crippen LogP contribution >= 0.6 is 0 Å². The zero-order chi connectivity index (χ0) is 12.1. The number of carbonyl (C=O) groups is 2.